The van der Waals surface area contributed by atoms with Crippen molar-refractivity contribution in [1.82, 2.24) is 10.6 Å². The molecule has 22 heavy (non-hydrogen) atoms. The van der Waals surface area contributed by atoms with E-state index in [1.807, 2.05) is 0 Å². The average molecular weight is 303 g/mol. The van der Waals surface area contributed by atoms with Gasteiger partial charge in [0.05, 0.1) is 18.2 Å². The molecule has 3 N–H and O–H groups in total. The van der Waals surface area contributed by atoms with Crippen molar-refractivity contribution < 1.29 is 9.90 Å². The van der Waals surface area contributed by atoms with Gasteiger partial charge in [-0.25, -0.2) is 0 Å². The third-order valence-corrected chi connectivity index (χ3v) is 6.48. The van der Waals surface area contributed by atoms with E-state index in [0.717, 1.165) is 45.1 Å². The lowest BCUT2D eigenvalue weighted by atomic mass is 9.51. The molecule has 5 rings (SSSR count). The molecule has 1 aliphatic heterocycles. The molecule has 4 saturated carbocycles. The molecule has 5 nitrogen and oxygen atoms in total. The van der Waals surface area contributed by atoms with E-state index >= 15 is 0 Å². The van der Waals surface area contributed by atoms with E-state index in [-0.39, 0.29) is 17.9 Å². The van der Waals surface area contributed by atoms with Crippen LogP contribution in [-0.2, 0) is 4.79 Å². The zero-order valence-electron chi connectivity index (χ0n) is 13.0. The lowest BCUT2D eigenvalue weighted by Crippen LogP contribution is -2.66. The monoisotopic (exact) mass is 303 g/mol. The molecular formula is C17H25N3O2. The SMILES string of the molecule is N#C[C@]1(C(=O)CNC23CC4CC(CC(O)(C4)C2)C3)CCCN1. The smallest absolute Gasteiger partial charge is 0.181 e. The first-order valence-corrected chi connectivity index (χ1v) is 8.64. The Hall–Kier alpha value is -0.960. The largest absolute Gasteiger partial charge is 0.390 e. The fraction of sp³-hybridized carbons (Fsp3) is 0.882. The molecule has 2 unspecified atom stereocenters. The molecule has 3 atom stereocenters. The van der Waals surface area contributed by atoms with Gasteiger partial charge < -0.3 is 10.4 Å². The van der Waals surface area contributed by atoms with Crippen LogP contribution in [0.3, 0.4) is 0 Å². The van der Waals surface area contributed by atoms with Crippen molar-refractivity contribution in [3.63, 3.8) is 0 Å². The zero-order valence-corrected chi connectivity index (χ0v) is 13.0. The van der Waals surface area contributed by atoms with Crippen LogP contribution in [0, 0.1) is 23.2 Å². The number of ketones is 1. The van der Waals surface area contributed by atoms with Crippen molar-refractivity contribution in [1.29, 1.82) is 5.26 Å². The van der Waals surface area contributed by atoms with E-state index in [0.29, 0.717) is 18.3 Å². The summed E-state index contributed by atoms with van der Waals surface area (Å²) in [5.41, 5.74) is -1.57. The first kappa shape index (κ1) is 14.6. The van der Waals surface area contributed by atoms with Gasteiger partial charge in [-0.05, 0) is 69.7 Å². The fourth-order valence-electron chi connectivity index (χ4n) is 5.98. The van der Waals surface area contributed by atoms with Crippen molar-refractivity contribution >= 4 is 5.78 Å². The minimum atomic E-state index is -0.980. The number of nitrogens with zero attached hydrogens (tertiary/aromatic N) is 1. The number of hydrogen-bond acceptors (Lipinski definition) is 5. The second kappa shape index (κ2) is 4.77. The van der Waals surface area contributed by atoms with Crippen molar-refractivity contribution in [2.75, 3.05) is 13.1 Å². The Labute approximate surface area is 131 Å². The standard InChI is InChI=1S/C17H25N3O2/c18-11-17(2-1-3-19-17)14(21)9-20-15-5-12-4-13(6-15)8-16(22,7-12)10-15/h12-13,19-20,22H,1-10H2/t12?,13?,15?,16?,17-/m0/s1. The second-order valence-corrected chi connectivity index (χ2v) is 8.29. The molecule has 4 aliphatic carbocycles. The second-order valence-electron chi connectivity index (χ2n) is 8.29. The first-order valence-electron chi connectivity index (χ1n) is 8.64. The van der Waals surface area contributed by atoms with Crippen LogP contribution >= 0.6 is 0 Å². The maximum absolute atomic E-state index is 12.6. The number of Topliss-reactive ketones (excluding diaryl/α,β-unsaturated/α-hetero) is 1. The van der Waals surface area contributed by atoms with E-state index in [1.165, 1.54) is 6.42 Å². The Bertz CT molecular complexity index is 519. The molecule has 4 bridgehead atoms. The van der Waals surface area contributed by atoms with Gasteiger partial charge >= 0.3 is 0 Å². The number of rotatable bonds is 4. The van der Waals surface area contributed by atoms with Crippen LogP contribution in [0.1, 0.15) is 51.4 Å². The minimum absolute atomic E-state index is 0.0322. The molecule has 0 radical (unpaired) electrons. The van der Waals surface area contributed by atoms with Gasteiger partial charge in [-0.1, -0.05) is 0 Å². The van der Waals surface area contributed by atoms with Gasteiger partial charge in [0.15, 0.2) is 11.3 Å². The number of hydrogen-bond donors (Lipinski definition) is 3. The summed E-state index contributed by atoms with van der Waals surface area (Å²) in [5, 5.41) is 26.7. The molecule has 5 aliphatic rings. The number of aliphatic hydroxyl groups is 1. The molecule has 120 valence electrons. The number of carbonyl (C=O) groups excluding carboxylic acids is 1. The van der Waals surface area contributed by atoms with Gasteiger partial charge in [-0.15, -0.1) is 0 Å². The minimum Gasteiger partial charge on any atom is -0.390 e. The highest BCUT2D eigenvalue weighted by Crippen LogP contribution is 2.57. The molecule has 0 aromatic heterocycles. The van der Waals surface area contributed by atoms with Crippen LogP contribution in [0.25, 0.3) is 0 Å². The maximum atomic E-state index is 12.6. The summed E-state index contributed by atoms with van der Waals surface area (Å²) in [6.45, 7) is 0.990. The summed E-state index contributed by atoms with van der Waals surface area (Å²) in [5.74, 6) is 1.17. The van der Waals surface area contributed by atoms with Crippen LogP contribution in [0.5, 0.6) is 0 Å². The Balaban J connectivity index is 1.46. The number of nitriles is 1. The van der Waals surface area contributed by atoms with E-state index in [2.05, 4.69) is 16.7 Å². The summed E-state index contributed by atoms with van der Waals surface area (Å²) in [6.07, 6.45) is 7.53. The normalized spacial score (nSPS) is 49.3. The highest BCUT2D eigenvalue weighted by molar-refractivity contribution is 5.93. The van der Waals surface area contributed by atoms with Crippen LogP contribution in [0.15, 0.2) is 0 Å². The van der Waals surface area contributed by atoms with E-state index < -0.39 is 11.1 Å². The van der Waals surface area contributed by atoms with Crippen molar-refractivity contribution in [2.45, 2.75) is 68.0 Å². The lowest BCUT2D eigenvalue weighted by molar-refractivity contribution is -0.145. The van der Waals surface area contributed by atoms with E-state index in [9.17, 15) is 15.2 Å². The Morgan fingerprint density at radius 1 is 1.32 bits per heavy atom. The third-order valence-electron chi connectivity index (χ3n) is 6.48. The van der Waals surface area contributed by atoms with Gasteiger partial charge in [0.25, 0.3) is 0 Å². The number of nitrogens with one attached hydrogen (secondary N) is 2. The Morgan fingerprint density at radius 3 is 2.59 bits per heavy atom. The topological polar surface area (TPSA) is 85.2 Å². The highest BCUT2D eigenvalue weighted by Gasteiger charge is 2.57. The fourth-order valence-corrected chi connectivity index (χ4v) is 5.98. The van der Waals surface area contributed by atoms with Crippen molar-refractivity contribution in [2.24, 2.45) is 11.8 Å². The van der Waals surface area contributed by atoms with Crippen LogP contribution in [-0.4, -0.2) is 40.7 Å². The van der Waals surface area contributed by atoms with E-state index in [4.69, 9.17) is 0 Å². The predicted octanol–water partition coefficient (Wildman–Crippen LogP) is 0.875. The van der Waals surface area contributed by atoms with Crippen molar-refractivity contribution in [3.8, 4) is 6.07 Å². The quantitative estimate of drug-likeness (QED) is 0.718. The van der Waals surface area contributed by atoms with Crippen LogP contribution in [0.2, 0.25) is 0 Å². The van der Waals surface area contributed by atoms with Crippen LogP contribution in [0.4, 0.5) is 0 Å². The third kappa shape index (κ3) is 2.20. The van der Waals surface area contributed by atoms with Crippen molar-refractivity contribution in [3.05, 3.63) is 0 Å². The molecule has 0 aromatic carbocycles. The first-order chi connectivity index (χ1) is 10.5. The number of carbonyl (C=O) groups is 1. The van der Waals surface area contributed by atoms with Gasteiger partial charge in [0.2, 0.25) is 0 Å². The summed E-state index contributed by atoms with van der Waals surface area (Å²) in [7, 11) is 0. The maximum Gasteiger partial charge on any atom is 0.181 e. The molecule has 1 heterocycles. The molecule has 1 saturated heterocycles. The van der Waals surface area contributed by atoms with E-state index in [1.54, 1.807) is 0 Å². The molecule has 5 heteroatoms. The zero-order chi connectivity index (χ0) is 15.4. The molecule has 0 amide bonds. The average Bonchev–Trinajstić information content (AvgIpc) is 2.92. The van der Waals surface area contributed by atoms with Gasteiger partial charge in [0.1, 0.15) is 0 Å². The Kier molecular flexibility index (Phi) is 3.17. The molecule has 0 spiro atoms. The van der Waals surface area contributed by atoms with Crippen LogP contribution < -0.4 is 10.6 Å². The molecule has 0 aromatic rings. The summed E-state index contributed by atoms with van der Waals surface area (Å²) >= 11 is 0. The Morgan fingerprint density at radius 2 is 2.05 bits per heavy atom. The summed E-state index contributed by atoms with van der Waals surface area (Å²) < 4.78 is 0. The van der Waals surface area contributed by atoms with Gasteiger partial charge in [-0.2, -0.15) is 5.26 Å². The lowest BCUT2D eigenvalue weighted by Gasteiger charge is -2.60. The van der Waals surface area contributed by atoms with Gasteiger partial charge in [0, 0.05) is 5.54 Å². The predicted molar refractivity (Wildman–Crippen MR) is 81.0 cm³/mol. The summed E-state index contributed by atoms with van der Waals surface area (Å²) in [4.78, 5) is 12.6. The van der Waals surface area contributed by atoms with Gasteiger partial charge in [-0.3, -0.25) is 10.1 Å². The highest BCUT2D eigenvalue weighted by atomic mass is 16.3. The molecule has 5 fully saturated rings. The molecular weight excluding hydrogens is 278 g/mol. The summed E-state index contributed by atoms with van der Waals surface area (Å²) in [6, 6.07) is 2.19.